The zero-order valence-corrected chi connectivity index (χ0v) is 16.4. The second-order valence-electron chi connectivity index (χ2n) is 6.30. The van der Waals surface area contributed by atoms with E-state index in [0.717, 1.165) is 16.0 Å². The van der Waals surface area contributed by atoms with Crippen LogP contribution in [0.1, 0.15) is 24.5 Å². The molecule has 28 heavy (non-hydrogen) atoms. The van der Waals surface area contributed by atoms with E-state index in [1.54, 1.807) is 6.07 Å². The summed E-state index contributed by atoms with van der Waals surface area (Å²) < 4.78 is 40.5. The number of benzene rings is 2. The second-order valence-corrected chi connectivity index (χ2v) is 7.40. The number of alkyl halides is 2. The van der Waals surface area contributed by atoms with E-state index >= 15 is 0 Å². The van der Waals surface area contributed by atoms with Crippen LogP contribution in [0.2, 0.25) is 0 Å². The van der Waals surface area contributed by atoms with Crippen molar-refractivity contribution in [3.05, 3.63) is 53.6 Å². The fraction of sp³-hybridized carbons (Fsp3) is 0.350. The van der Waals surface area contributed by atoms with E-state index in [1.165, 1.54) is 23.9 Å². The Hall–Kier alpha value is -2.48. The number of rotatable bonds is 7. The minimum Gasteiger partial charge on any atom is -0.445 e. The number of nitrogens with one attached hydrogen (secondary N) is 1. The van der Waals surface area contributed by atoms with Crippen molar-refractivity contribution < 1.29 is 27.8 Å². The molecule has 2 aromatic carbocycles. The fourth-order valence-corrected chi connectivity index (χ4v) is 3.65. The minimum atomic E-state index is -3.63. The third kappa shape index (κ3) is 5.28. The molecule has 1 atom stereocenters. The zero-order valence-electron chi connectivity index (χ0n) is 15.5. The van der Waals surface area contributed by atoms with Crippen LogP contribution in [0.3, 0.4) is 0 Å². The number of carbonyl (C=O) groups is 1. The number of alkyl carbamates (subject to hydrolysis) is 1. The molecule has 1 amide bonds. The van der Waals surface area contributed by atoms with Crippen LogP contribution in [0.5, 0.6) is 11.5 Å². The Kier molecular flexibility index (Phi) is 6.28. The lowest BCUT2D eigenvalue weighted by Crippen LogP contribution is -2.29. The summed E-state index contributed by atoms with van der Waals surface area (Å²) in [4.78, 5) is 12.8. The molecule has 0 spiro atoms. The molecule has 1 unspecified atom stereocenters. The molecular weight excluding hydrogens is 388 g/mol. The Balaban J connectivity index is 1.48. The van der Waals surface area contributed by atoms with Crippen molar-refractivity contribution >= 4 is 17.9 Å². The SMILES string of the molecule is CCC(CSc1ccc2c(c1)OC(F)(F)O2)OC(=O)NCc1ccccc1C. The highest BCUT2D eigenvalue weighted by Crippen LogP contribution is 2.42. The van der Waals surface area contributed by atoms with Crippen molar-refractivity contribution in [3.63, 3.8) is 0 Å². The van der Waals surface area contributed by atoms with Crippen LogP contribution >= 0.6 is 11.8 Å². The van der Waals surface area contributed by atoms with Gasteiger partial charge in [0.1, 0.15) is 6.10 Å². The van der Waals surface area contributed by atoms with Crippen molar-refractivity contribution in [2.75, 3.05) is 5.75 Å². The summed E-state index contributed by atoms with van der Waals surface area (Å²) in [6.45, 7) is 4.29. The first kappa shape index (κ1) is 20.3. The van der Waals surface area contributed by atoms with Gasteiger partial charge in [-0.3, -0.25) is 0 Å². The monoisotopic (exact) mass is 409 g/mol. The van der Waals surface area contributed by atoms with Crippen LogP contribution in [0.25, 0.3) is 0 Å². The van der Waals surface area contributed by atoms with E-state index in [9.17, 15) is 13.6 Å². The third-order valence-corrected chi connectivity index (χ3v) is 5.35. The molecule has 0 radical (unpaired) electrons. The first-order chi connectivity index (χ1) is 13.4. The maximum atomic E-state index is 13.1. The molecular formula is C20H21F2NO4S. The smallest absolute Gasteiger partial charge is 0.445 e. The van der Waals surface area contributed by atoms with E-state index in [1.807, 2.05) is 38.1 Å². The van der Waals surface area contributed by atoms with Crippen LogP contribution in [0.15, 0.2) is 47.4 Å². The molecule has 2 aromatic rings. The quantitative estimate of drug-likeness (QED) is 0.644. The van der Waals surface area contributed by atoms with Crippen molar-refractivity contribution in [1.29, 1.82) is 0 Å². The summed E-state index contributed by atoms with van der Waals surface area (Å²) in [5, 5.41) is 2.76. The third-order valence-electron chi connectivity index (χ3n) is 4.22. The highest BCUT2D eigenvalue weighted by Gasteiger charge is 2.43. The Bertz CT molecular complexity index is 847. The topological polar surface area (TPSA) is 56.8 Å². The Morgan fingerprint density at radius 3 is 2.71 bits per heavy atom. The average Bonchev–Trinajstić information content (AvgIpc) is 2.97. The summed E-state index contributed by atoms with van der Waals surface area (Å²) >= 11 is 1.39. The number of hydrogen-bond acceptors (Lipinski definition) is 5. The Morgan fingerprint density at radius 1 is 1.21 bits per heavy atom. The number of aryl methyl sites for hydroxylation is 1. The van der Waals surface area contributed by atoms with E-state index < -0.39 is 12.4 Å². The van der Waals surface area contributed by atoms with Gasteiger partial charge in [-0.1, -0.05) is 31.2 Å². The average molecular weight is 409 g/mol. The number of amides is 1. The van der Waals surface area contributed by atoms with Gasteiger partial charge in [-0.15, -0.1) is 20.5 Å². The number of ether oxygens (including phenoxy) is 3. The van der Waals surface area contributed by atoms with Gasteiger partial charge < -0.3 is 19.5 Å². The van der Waals surface area contributed by atoms with Gasteiger partial charge in [-0.2, -0.15) is 0 Å². The van der Waals surface area contributed by atoms with Crippen LogP contribution < -0.4 is 14.8 Å². The molecule has 0 fully saturated rings. The van der Waals surface area contributed by atoms with Crippen LogP contribution in [-0.4, -0.2) is 24.2 Å². The summed E-state index contributed by atoms with van der Waals surface area (Å²) in [7, 11) is 0. The molecule has 5 nitrogen and oxygen atoms in total. The molecule has 150 valence electrons. The molecule has 0 bridgehead atoms. The van der Waals surface area contributed by atoms with Gasteiger partial charge >= 0.3 is 12.4 Å². The molecule has 1 aliphatic rings. The largest absolute Gasteiger partial charge is 0.586 e. The summed E-state index contributed by atoms with van der Waals surface area (Å²) in [6.07, 6.45) is -3.79. The minimum absolute atomic E-state index is 0.0000548. The van der Waals surface area contributed by atoms with Crippen LogP contribution in [-0.2, 0) is 11.3 Å². The Morgan fingerprint density at radius 2 is 1.96 bits per heavy atom. The van der Waals surface area contributed by atoms with E-state index in [2.05, 4.69) is 14.8 Å². The highest BCUT2D eigenvalue weighted by molar-refractivity contribution is 7.99. The maximum Gasteiger partial charge on any atom is 0.586 e. The first-order valence-corrected chi connectivity index (χ1v) is 9.86. The lowest BCUT2D eigenvalue weighted by molar-refractivity contribution is -0.286. The van der Waals surface area contributed by atoms with Crippen molar-refractivity contribution in [2.24, 2.45) is 0 Å². The van der Waals surface area contributed by atoms with Crippen LogP contribution in [0.4, 0.5) is 13.6 Å². The van der Waals surface area contributed by atoms with Gasteiger partial charge in [0.15, 0.2) is 11.5 Å². The van der Waals surface area contributed by atoms with Gasteiger partial charge in [0, 0.05) is 17.2 Å². The molecule has 0 aromatic heterocycles. The van der Waals surface area contributed by atoms with Crippen molar-refractivity contribution in [3.8, 4) is 11.5 Å². The lowest BCUT2D eigenvalue weighted by Gasteiger charge is -2.17. The van der Waals surface area contributed by atoms with Gasteiger partial charge in [0.05, 0.1) is 0 Å². The number of halogens is 2. The standard InChI is InChI=1S/C20H21F2NO4S/c1-3-15(25-19(24)23-11-14-7-5-4-6-13(14)2)12-28-16-8-9-17-18(10-16)27-20(21,22)26-17/h4-10,15H,3,11-12H2,1-2H3,(H,23,24). The molecule has 3 rings (SSSR count). The first-order valence-electron chi connectivity index (χ1n) is 8.88. The molecule has 0 saturated heterocycles. The van der Waals surface area contributed by atoms with Gasteiger partial charge in [-0.25, -0.2) is 4.79 Å². The van der Waals surface area contributed by atoms with Gasteiger partial charge in [0.2, 0.25) is 0 Å². The molecule has 8 heteroatoms. The summed E-state index contributed by atoms with van der Waals surface area (Å²) in [5.74, 6) is 0.498. The van der Waals surface area contributed by atoms with Gasteiger partial charge in [0.25, 0.3) is 0 Å². The zero-order chi connectivity index (χ0) is 20.1. The molecule has 1 aliphatic heterocycles. The van der Waals surface area contributed by atoms with Gasteiger partial charge in [-0.05, 0) is 42.7 Å². The summed E-state index contributed by atoms with van der Waals surface area (Å²) in [5.41, 5.74) is 2.12. The van der Waals surface area contributed by atoms with Crippen LogP contribution in [0, 0.1) is 6.92 Å². The van der Waals surface area contributed by atoms with E-state index in [4.69, 9.17) is 4.74 Å². The number of carbonyl (C=O) groups excluding carboxylic acids is 1. The fourth-order valence-electron chi connectivity index (χ4n) is 2.61. The maximum absolute atomic E-state index is 13.1. The predicted octanol–water partition coefficient (Wildman–Crippen LogP) is 5.11. The summed E-state index contributed by atoms with van der Waals surface area (Å²) in [6, 6.07) is 12.4. The molecule has 1 heterocycles. The second kappa shape index (κ2) is 8.68. The van der Waals surface area contributed by atoms with Crippen molar-refractivity contribution in [1.82, 2.24) is 5.32 Å². The molecule has 1 N–H and O–H groups in total. The normalized spacial score (nSPS) is 15.1. The van der Waals surface area contributed by atoms with E-state index in [-0.39, 0.29) is 17.6 Å². The lowest BCUT2D eigenvalue weighted by atomic mass is 10.1. The number of thioether (sulfide) groups is 1. The molecule has 0 saturated carbocycles. The predicted molar refractivity (Wildman–Crippen MR) is 102 cm³/mol. The number of hydrogen-bond donors (Lipinski definition) is 1. The van der Waals surface area contributed by atoms with Crippen molar-refractivity contribution in [2.45, 2.75) is 44.1 Å². The van der Waals surface area contributed by atoms with E-state index in [0.29, 0.717) is 18.7 Å². The Labute approximate surface area is 166 Å². The number of fused-ring (bicyclic) bond motifs is 1. The highest BCUT2D eigenvalue weighted by atomic mass is 32.2. The molecule has 0 aliphatic carbocycles.